The van der Waals surface area contributed by atoms with Gasteiger partial charge in [-0.3, -0.25) is 4.79 Å². The standard InChI is InChI=1S/C27H27ClN2O5S/c1-32-21-16-17(25-29-26(31)23-19-9-5-6-10-22(19)36-27(23)30-25)15-20(28)24(21)35-14-12-33-11-13-34-18-7-3-2-4-8-18/h2-4,7-8,15-16H,5-6,9-14H2,1H3,(H,29,30,31). The molecule has 0 bridgehead atoms. The molecule has 0 saturated heterocycles. The lowest BCUT2D eigenvalue weighted by molar-refractivity contribution is 0.0757. The number of methoxy groups -OCH3 is 1. The van der Waals surface area contributed by atoms with Crippen LogP contribution in [0.1, 0.15) is 23.3 Å². The minimum absolute atomic E-state index is 0.113. The Morgan fingerprint density at radius 3 is 2.61 bits per heavy atom. The third-order valence-corrected chi connectivity index (χ3v) is 7.51. The van der Waals surface area contributed by atoms with E-state index in [1.54, 1.807) is 30.6 Å². The van der Waals surface area contributed by atoms with E-state index in [0.29, 0.717) is 54.3 Å². The number of halogens is 1. The number of benzene rings is 2. The maximum atomic E-state index is 12.9. The number of H-pyrrole nitrogens is 1. The van der Waals surface area contributed by atoms with E-state index in [1.165, 1.54) is 4.88 Å². The van der Waals surface area contributed by atoms with Crippen LogP contribution in [0, 0.1) is 0 Å². The molecule has 36 heavy (non-hydrogen) atoms. The van der Waals surface area contributed by atoms with Crippen LogP contribution < -0.4 is 19.8 Å². The van der Waals surface area contributed by atoms with Gasteiger partial charge in [-0.2, -0.15) is 0 Å². The van der Waals surface area contributed by atoms with Gasteiger partial charge in [0, 0.05) is 10.4 Å². The Hall–Kier alpha value is -3.07. The van der Waals surface area contributed by atoms with E-state index >= 15 is 0 Å². The fraction of sp³-hybridized carbons (Fsp3) is 0.333. The fourth-order valence-corrected chi connectivity index (χ4v) is 5.86. The lowest BCUT2D eigenvalue weighted by Gasteiger charge is -2.14. The Morgan fingerprint density at radius 2 is 1.81 bits per heavy atom. The van der Waals surface area contributed by atoms with Gasteiger partial charge in [-0.05, 0) is 55.5 Å². The van der Waals surface area contributed by atoms with Crippen LogP contribution in [0.3, 0.4) is 0 Å². The second kappa shape index (κ2) is 11.3. The van der Waals surface area contributed by atoms with Crippen molar-refractivity contribution in [3.63, 3.8) is 0 Å². The van der Waals surface area contributed by atoms with Crippen LogP contribution in [-0.2, 0) is 17.6 Å². The summed E-state index contributed by atoms with van der Waals surface area (Å²) in [5.41, 5.74) is 1.71. The molecule has 0 unspecified atom stereocenters. The summed E-state index contributed by atoms with van der Waals surface area (Å²) in [4.78, 5) is 22.7. The first-order valence-corrected chi connectivity index (χ1v) is 13.1. The van der Waals surface area contributed by atoms with Gasteiger partial charge >= 0.3 is 0 Å². The van der Waals surface area contributed by atoms with E-state index in [4.69, 9.17) is 35.5 Å². The van der Waals surface area contributed by atoms with Crippen LogP contribution in [0.15, 0.2) is 47.3 Å². The molecule has 2 heterocycles. The van der Waals surface area contributed by atoms with Crippen molar-refractivity contribution in [3.05, 3.63) is 68.3 Å². The molecule has 1 aliphatic rings. The Morgan fingerprint density at radius 1 is 1.03 bits per heavy atom. The molecule has 1 N–H and O–H groups in total. The number of ether oxygens (including phenoxy) is 4. The van der Waals surface area contributed by atoms with E-state index in [2.05, 4.69) is 4.98 Å². The van der Waals surface area contributed by atoms with Gasteiger partial charge in [0.25, 0.3) is 5.56 Å². The number of fused-ring (bicyclic) bond motifs is 3. The predicted octanol–water partition coefficient (Wildman–Crippen LogP) is 5.67. The number of aromatic amines is 1. The van der Waals surface area contributed by atoms with Crippen molar-refractivity contribution in [1.29, 1.82) is 0 Å². The number of aromatic nitrogens is 2. The summed E-state index contributed by atoms with van der Waals surface area (Å²) in [5, 5.41) is 1.09. The molecule has 9 heteroatoms. The molecule has 0 spiro atoms. The van der Waals surface area contributed by atoms with Crippen LogP contribution in [0.25, 0.3) is 21.6 Å². The SMILES string of the molecule is COc1cc(-c2nc3sc4c(c3c(=O)[nH]2)CCCC4)cc(Cl)c1OCCOCCOc1ccccc1. The Balaban J connectivity index is 1.24. The van der Waals surface area contributed by atoms with Gasteiger partial charge in [0.15, 0.2) is 11.5 Å². The van der Waals surface area contributed by atoms with Crippen LogP contribution in [0.5, 0.6) is 17.2 Å². The Labute approximate surface area is 218 Å². The van der Waals surface area contributed by atoms with E-state index in [-0.39, 0.29) is 5.56 Å². The van der Waals surface area contributed by atoms with Gasteiger partial charge < -0.3 is 23.9 Å². The number of hydrogen-bond acceptors (Lipinski definition) is 7. The lowest BCUT2D eigenvalue weighted by atomic mass is 9.97. The van der Waals surface area contributed by atoms with Crippen molar-refractivity contribution in [1.82, 2.24) is 9.97 Å². The molecule has 0 amide bonds. The van der Waals surface area contributed by atoms with Gasteiger partial charge in [0.05, 0.1) is 30.7 Å². The van der Waals surface area contributed by atoms with Crippen molar-refractivity contribution < 1.29 is 18.9 Å². The minimum Gasteiger partial charge on any atom is -0.493 e. The second-order valence-corrected chi connectivity index (χ2v) is 9.91. The van der Waals surface area contributed by atoms with E-state index < -0.39 is 0 Å². The summed E-state index contributed by atoms with van der Waals surface area (Å²) in [5.74, 6) is 2.14. The van der Waals surface area contributed by atoms with Gasteiger partial charge in [0.1, 0.15) is 29.6 Å². The number of thiophene rings is 1. The quantitative estimate of drug-likeness (QED) is 0.268. The molecule has 0 atom stereocenters. The smallest absolute Gasteiger partial charge is 0.260 e. The Kier molecular flexibility index (Phi) is 7.75. The van der Waals surface area contributed by atoms with Crippen LogP contribution in [-0.4, -0.2) is 43.5 Å². The second-order valence-electron chi connectivity index (χ2n) is 8.42. The average molecular weight is 527 g/mol. The molecule has 2 aromatic carbocycles. The summed E-state index contributed by atoms with van der Waals surface area (Å²) in [6, 6.07) is 13.1. The number of aryl methyl sites for hydroxylation is 2. The van der Waals surface area contributed by atoms with Gasteiger partial charge in [-0.15, -0.1) is 11.3 Å². The molecular weight excluding hydrogens is 500 g/mol. The molecule has 0 aliphatic heterocycles. The van der Waals surface area contributed by atoms with Gasteiger partial charge in [-0.1, -0.05) is 29.8 Å². The van der Waals surface area contributed by atoms with Crippen LogP contribution in [0.4, 0.5) is 0 Å². The highest BCUT2D eigenvalue weighted by Crippen LogP contribution is 2.40. The topological polar surface area (TPSA) is 82.7 Å². The summed E-state index contributed by atoms with van der Waals surface area (Å²) in [6.45, 7) is 1.55. The molecule has 7 nitrogen and oxygen atoms in total. The summed E-state index contributed by atoms with van der Waals surface area (Å²) in [6.07, 6.45) is 4.22. The van der Waals surface area contributed by atoms with Crippen LogP contribution >= 0.6 is 22.9 Å². The normalized spacial score (nSPS) is 12.9. The number of nitrogens with one attached hydrogen (secondary N) is 1. The molecule has 2 aromatic heterocycles. The molecule has 188 valence electrons. The van der Waals surface area contributed by atoms with Gasteiger partial charge in [0.2, 0.25) is 0 Å². The molecule has 1 aliphatic carbocycles. The van der Waals surface area contributed by atoms with Crippen LogP contribution in [0.2, 0.25) is 5.02 Å². The molecule has 0 fully saturated rings. The summed E-state index contributed by atoms with van der Waals surface area (Å²) in [7, 11) is 1.55. The van der Waals surface area contributed by atoms with Crippen molar-refractivity contribution in [3.8, 4) is 28.6 Å². The first-order valence-electron chi connectivity index (χ1n) is 11.9. The molecule has 0 saturated carbocycles. The monoisotopic (exact) mass is 526 g/mol. The van der Waals surface area contributed by atoms with E-state index in [1.807, 2.05) is 30.3 Å². The van der Waals surface area contributed by atoms with Crippen molar-refractivity contribution in [2.45, 2.75) is 25.7 Å². The first kappa shape index (κ1) is 24.6. The number of nitrogens with zero attached hydrogens (tertiary/aromatic N) is 1. The molecular formula is C27H27ClN2O5S. The lowest BCUT2D eigenvalue weighted by Crippen LogP contribution is -2.13. The highest BCUT2D eigenvalue weighted by atomic mass is 35.5. The van der Waals surface area contributed by atoms with Gasteiger partial charge in [-0.25, -0.2) is 4.98 Å². The van der Waals surface area contributed by atoms with E-state index in [9.17, 15) is 4.79 Å². The molecule has 0 radical (unpaired) electrons. The zero-order valence-electron chi connectivity index (χ0n) is 20.0. The van der Waals surface area contributed by atoms with E-state index in [0.717, 1.165) is 47.2 Å². The maximum Gasteiger partial charge on any atom is 0.260 e. The Bertz CT molecular complexity index is 1400. The first-order chi connectivity index (χ1) is 17.6. The molecule has 5 rings (SSSR count). The third kappa shape index (κ3) is 5.36. The summed E-state index contributed by atoms with van der Waals surface area (Å²) < 4.78 is 22.6. The summed E-state index contributed by atoms with van der Waals surface area (Å²) >= 11 is 8.17. The highest BCUT2D eigenvalue weighted by Gasteiger charge is 2.21. The predicted molar refractivity (Wildman–Crippen MR) is 142 cm³/mol. The number of rotatable bonds is 10. The maximum absolute atomic E-state index is 12.9. The third-order valence-electron chi connectivity index (χ3n) is 6.04. The largest absolute Gasteiger partial charge is 0.493 e. The van der Waals surface area contributed by atoms with Crippen molar-refractivity contribution in [2.75, 3.05) is 33.5 Å². The van der Waals surface area contributed by atoms with Crippen molar-refractivity contribution >= 4 is 33.2 Å². The number of hydrogen-bond donors (Lipinski definition) is 1. The molecule has 4 aromatic rings. The average Bonchev–Trinajstić information content (AvgIpc) is 3.28. The zero-order chi connectivity index (χ0) is 24.9. The highest BCUT2D eigenvalue weighted by molar-refractivity contribution is 7.18. The number of para-hydroxylation sites is 1. The fourth-order valence-electron chi connectivity index (χ4n) is 4.34. The minimum atomic E-state index is -0.113. The zero-order valence-corrected chi connectivity index (χ0v) is 21.5. The van der Waals surface area contributed by atoms with Crippen molar-refractivity contribution in [2.24, 2.45) is 0 Å².